The van der Waals surface area contributed by atoms with Gasteiger partial charge in [-0.2, -0.15) is 0 Å². The maximum atomic E-state index is 15.3. The zero-order valence-corrected chi connectivity index (χ0v) is 71.6. The summed E-state index contributed by atoms with van der Waals surface area (Å²) < 4.78 is 6.02. The molecule has 2 saturated heterocycles. The van der Waals surface area contributed by atoms with Gasteiger partial charge < -0.3 is 83.9 Å². The van der Waals surface area contributed by atoms with Gasteiger partial charge in [0.05, 0.1) is 6.10 Å². The van der Waals surface area contributed by atoms with E-state index in [1.165, 1.54) is 31.7 Å². The van der Waals surface area contributed by atoms with Crippen LogP contribution in [0.3, 0.4) is 0 Å². The average Bonchev–Trinajstić information content (AvgIpc) is 1.75. The van der Waals surface area contributed by atoms with Gasteiger partial charge in [-0.05, 0) is 118 Å². The number of rotatable bonds is 37. The van der Waals surface area contributed by atoms with Crippen molar-refractivity contribution >= 4 is 88.7 Å². The monoisotopic (exact) mass is 1620 g/mol. The molecule has 14 N–H and O–H groups in total. The van der Waals surface area contributed by atoms with Crippen LogP contribution in [0, 0.1) is 53.3 Å². The minimum Gasteiger partial charge on any atom is -0.458 e. The molecular weight excluding hydrogens is 1480 g/mol. The minimum absolute atomic E-state index is 0.0425. The molecule has 0 bridgehead atoms. The van der Waals surface area contributed by atoms with Crippen LogP contribution in [-0.2, 0) is 83.1 Å². The fourth-order valence-electron chi connectivity index (χ4n) is 14.2. The van der Waals surface area contributed by atoms with Crippen LogP contribution in [0.25, 0.3) is 0 Å². The first-order chi connectivity index (χ1) is 54.2. The van der Waals surface area contributed by atoms with Gasteiger partial charge in [-0.25, -0.2) is 4.79 Å². The Labute approximate surface area is 680 Å². The number of likely N-dealkylation sites (tertiary alicyclic amines) is 1. The van der Waals surface area contributed by atoms with Gasteiger partial charge in [-0.1, -0.05) is 199 Å². The maximum absolute atomic E-state index is 15.3. The summed E-state index contributed by atoms with van der Waals surface area (Å²) in [4.78, 5) is 218. The summed E-state index contributed by atoms with van der Waals surface area (Å²) in [6.07, 6.45) is 7.22. The van der Waals surface area contributed by atoms with Gasteiger partial charge >= 0.3 is 5.97 Å². The van der Waals surface area contributed by atoms with E-state index < -0.39 is 203 Å². The molecule has 2 aliphatic heterocycles. The number of aliphatic hydroxyl groups excluding tert-OH is 1. The summed E-state index contributed by atoms with van der Waals surface area (Å²) >= 11 is 0. The van der Waals surface area contributed by atoms with E-state index in [0.29, 0.717) is 43.1 Å². The highest BCUT2D eigenvalue weighted by Crippen LogP contribution is 2.28. The van der Waals surface area contributed by atoms with E-state index in [2.05, 4.69) is 69.1 Å². The van der Waals surface area contributed by atoms with Gasteiger partial charge in [-0.15, -0.1) is 0 Å². The second-order valence-electron chi connectivity index (χ2n) is 33.8. The number of carbonyl (C=O) groups excluding carboxylic acids is 15. The van der Waals surface area contributed by atoms with E-state index >= 15 is 19.2 Å². The number of carbonyl (C=O) groups is 15. The van der Waals surface area contributed by atoms with Gasteiger partial charge in [0, 0.05) is 32.4 Å². The van der Waals surface area contributed by atoms with Crippen molar-refractivity contribution in [2.24, 2.45) is 53.3 Å². The molecule has 31 nitrogen and oxygen atoms in total. The van der Waals surface area contributed by atoms with Crippen LogP contribution in [0.15, 0.2) is 42.1 Å². The Morgan fingerprint density at radius 3 is 1.70 bits per heavy atom. The topological polar surface area (TPSA) is 445 Å². The predicted octanol–water partition coefficient (Wildman–Crippen LogP) is 4.35. The molecule has 0 aromatic heterocycles. The summed E-state index contributed by atoms with van der Waals surface area (Å²) in [5, 5.41) is 46.5. The molecule has 3 fully saturated rings. The molecule has 0 radical (unpaired) electrons. The number of esters is 1. The fourth-order valence-corrected chi connectivity index (χ4v) is 14.2. The lowest BCUT2D eigenvalue weighted by molar-refractivity contribution is -0.157. The molecule has 31 heteroatoms. The number of benzene rings is 1. The molecule has 2 heterocycles. The highest BCUT2D eigenvalue weighted by molar-refractivity contribution is 6.03. The van der Waals surface area contributed by atoms with Crippen LogP contribution in [0.2, 0.25) is 0 Å². The maximum Gasteiger partial charge on any atom is 0.329 e. The Kier molecular flexibility index (Phi) is 41.5. The number of allylic oxidation sites excluding steroid dienone is 1. The number of cyclic esters (lactones) is 1. The van der Waals surface area contributed by atoms with Crippen molar-refractivity contribution in [3.8, 4) is 0 Å². The van der Waals surface area contributed by atoms with Crippen LogP contribution in [-0.4, -0.2) is 196 Å². The molecule has 3 aliphatic rings. The van der Waals surface area contributed by atoms with Crippen molar-refractivity contribution in [1.82, 2.24) is 74.0 Å². The number of aliphatic hydroxyl groups is 1. The van der Waals surface area contributed by atoms with E-state index in [1.807, 2.05) is 13.8 Å². The van der Waals surface area contributed by atoms with Gasteiger partial charge in [0.15, 0.2) is 0 Å². The van der Waals surface area contributed by atoms with Crippen molar-refractivity contribution in [2.45, 2.75) is 325 Å². The van der Waals surface area contributed by atoms with Gasteiger partial charge in [0.2, 0.25) is 76.8 Å². The van der Waals surface area contributed by atoms with Crippen LogP contribution >= 0.6 is 0 Å². The molecule has 646 valence electrons. The lowest BCUT2D eigenvalue weighted by Gasteiger charge is -2.34. The van der Waals surface area contributed by atoms with Crippen molar-refractivity contribution in [3.05, 3.63) is 47.7 Å². The summed E-state index contributed by atoms with van der Waals surface area (Å²) in [5.74, 6) is -15.2. The smallest absolute Gasteiger partial charge is 0.329 e. The molecule has 1 aliphatic carbocycles. The zero-order chi connectivity index (χ0) is 86.2. The fraction of sp³-hybridized carbons (Fsp3) is 0.726. The Bertz CT molecular complexity index is 3470. The lowest BCUT2D eigenvalue weighted by Crippen LogP contribution is -2.64. The molecule has 115 heavy (non-hydrogen) atoms. The van der Waals surface area contributed by atoms with Crippen molar-refractivity contribution in [1.29, 1.82) is 0 Å². The van der Waals surface area contributed by atoms with Crippen molar-refractivity contribution < 1.29 is 81.8 Å². The second kappa shape index (κ2) is 48.5. The summed E-state index contributed by atoms with van der Waals surface area (Å²) in [7, 11) is 0. The predicted molar refractivity (Wildman–Crippen MR) is 435 cm³/mol. The average molecular weight is 1620 g/mol. The highest BCUT2D eigenvalue weighted by atomic mass is 16.5. The van der Waals surface area contributed by atoms with E-state index in [1.54, 1.807) is 127 Å². The van der Waals surface area contributed by atoms with Gasteiger partial charge in [0.1, 0.15) is 84.3 Å². The molecule has 0 spiro atoms. The number of hydrogen-bond donors (Lipinski definition) is 14. The van der Waals surface area contributed by atoms with Crippen LogP contribution in [0.4, 0.5) is 0 Å². The third-order valence-electron chi connectivity index (χ3n) is 22.1. The standard InChI is InChI=1S/C84H138N14O17/c1-20-51(16)68(80(110)97-71-54(19)115-84(114)67(50(14)15)93-72(102)57(22-3)86-74(104)59(44-56-35-27-24-28-36-56)88-76(106)64(47(8)9)90-79(109)69(52(17)21-2)95-82(71)112)94-73(103)58(37-30-42-85-61(100)41-40-55-33-25-23-26-34-55)87-75(105)60-38-31-43-98(60)83(113)66(49(12)13)92-78(108)65(48(10)11)91-81(111)70(53(18)99)96-77(107)63(46(6)7)89-62(101)39-29-32-45(4)5/h22,24,27-28,35-36,45-55,58-60,63-71,99H,20-21,23,25-26,29-34,37-44H2,1-19H3,(H,85,100)(H,86,104)(H,87,105)(H,88,106)(H,89,101)(H,90,109)(H,91,111)(H,92,108)(H,93,102)(H,94,103)(H,95,112)(H,96,107)(H,97,110)/b57-22-/t51-,52-,53+,54+,58-,59-,60+,63+,64+,65-,66+,67-,68+,69+,70-,71+/m0/s1. The number of nitrogens with one attached hydrogen (secondary N) is 13. The van der Waals surface area contributed by atoms with Gasteiger partial charge in [-0.3, -0.25) is 67.1 Å². The highest BCUT2D eigenvalue weighted by Gasteiger charge is 2.45. The molecular formula is C84H138N14O17. The molecule has 16 atom stereocenters. The molecule has 14 amide bonds. The van der Waals surface area contributed by atoms with E-state index in [4.69, 9.17) is 4.74 Å². The Hall–Kier alpha value is -9.03. The first-order valence-corrected chi connectivity index (χ1v) is 42.0. The third-order valence-corrected chi connectivity index (χ3v) is 22.1. The first-order valence-electron chi connectivity index (χ1n) is 42.0. The van der Waals surface area contributed by atoms with Crippen LogP contribution in [0.5, 0.6) is 0 Å². The minimum atomic E-state index is -1.85. The van der Waals surface area contributed by atoms with Gasteiger partial charge in [0.25, 0.3) is 5.91 Å². The SMILES string of the molecule is C/C=C1\NC(=O)[C@H](Cc2ccccc2)NC(=O)[C@@H](C(C)C)NC(=O)[C@@H]([C@@H](C)CC)NC(=O)[C@H](NC(=O)[C@H](NC(=O)[C@H](CCCNC(=O)CCC2CCCCC2)NC(=O)[C@H]2CCCN2C(=O)[C@H](NC(=O)[C@@H](NC(=O)[C@@H](NC(=O)[C@H](NC(=O)CCCC(C)C)C(C)C)[C@@H](C)O)C(C)C)C(C)C)[C@@H](C)CC)[C@@H](C)OC(=O)[C@H](C(C)C)NC1=O. The van der Waals surface area contributed by atoms with E-state index in [-0.39, 0.29) is 69.1 Å². The largest absolute Gasteiger partial charge is 0.458 e. The Morgan fingerprint density at radius 2 is 1.13 bits per heavy atom. The Morgan fingerprint density at radius 1 is 0.565 bits per heavy atom. The first kappa shape index (κ1) is 98.3. The Balaban J connectivity index is 1.71. The second-order valence-corrected chi connectivity index (χ2v) is 33.8. The van der Waals surface area contributed by atoms with Crippen LogP contribution < -0.4 is 69.1 Å². The number of amides is 14. The summed E-state index contributed by atoms with van der Waals surface area (Å²) in [6, 6.07) is -7.99. The molecule has 1 aromatic rings. The van der Waals surface area contributed by atoms with Crippen molar-refractivity contribution in [2.75, 3.05) is 13.1 Å². The zero-order valence-electron chi connectivity index (χ0n) is 71.6. The molecule has 0 unspecified atom stereocenters. The number of ether oxygens (including phenoxy) is 1. The normalized spacial score (nSPS) is 22.5. The number of nitrogens with zero attached hydrogens (tertiary/aromatic N) is 1. The molecule has 4 rings (SSSR count). The third kappa shape index (κ3) is 31.2. The molecule has 1 aromatic carbocycles. The lowest BCUT2D eigenvalue weighted by atomic mass is 9.86. The van der Waals surface area contributed by atoms with E-state index in [0.717, 1.165) is 44.9 Å². The number of hydrogen-bond acceptors (Lipinski definition) is 17. The van der Waals surface area contributed by atoms with Crippen molar-refractivity contribution in [3.63, 3.8) is 0 Å². The molecule has 1 saturated carbocycles. The summed E-state index contributed by atoms with van der Waals surface area (Å²) in [6.45, 7) is 31.8. The van der Waals surface area contributed by atoms with E-state index in [9.17, 15) is 57.8 Å². The van der Waals surface area contributed by atoms with Crippen LogP contribution in [0.1, 0.15) is 240 Å². The quantitative estimate of drug-likeness (QED) is 0.0250. The summed E-state index contributed by atoms with van der Waals surface area (Å²) in [5.41, 5.74) is 0.360.